The number of hydrazone groups is 1. The lowest BCUT2D eigenvalue weighted by Gasteiger charge is -2.20. The van der Waals surface area contributed by atoms with Gasteiger partial charge < -0.3 is 0 Å². The minimum Gasteiger partial charge on any atom is -0.267 e. The van der Waals surface area contributed by atoms with Gasteiger partial charge in [-0.25, -0.2) is 0 Å². The van der Waals surface area contributed by atoms with E-state index in [1.807, 2.05) is 41.8 Å². The lowest BCUT2D eigenvalue weighted by atomic mass is 10.1. The van der Waals surface area contributed by atoms with Crippen LogP contribution in [-0.2, 0) is 4.79 Å². The highest BCUT2D eigenvalue weighted by Gasteiger charge is 2.36. The monoisotopic (exact) mass is 339 g/mol. The molecule has 3 heterocycles. The summed E-state index contributed by atoms with van der Waals surface area (Å²) in [6, 6.07) is 14.1. The fourth-order valence-corrected chi connectivity index (χ4v) is 4.33. The van der Waals surface area contributed by atoms with Gasteiger partial charge in [0.25, 0.3) is 5.91 Å². The molecule has 1 aromatic heterocycles. The van der Waals surface area contributed by atoms with Crippen LogP contribution in [0.3, 0.4) is 0 Å². The number of rotatable bonds is 3. The van der Waals surface area contributed by atoms with E-state index in [0.29, 0.717) is 0 Å². The third-order valence-corrected chi connectivity index (χ3v) is 5.76. The van der Waals surface area contributed by atoms with Gasteiger partial charge >= 0.3 is 0 Å². The molecule has 4 rings (SSSR count). The van der Waals surface area contributed by atoms with Gasteiger partial charge in [0, 0.05) is 4.88 Å². The average molecular weight is 339 g/mol. The minimum absolute atomic E-state index is 0.0938. The summed E-state index contributed by atoms with van der Waals surface area (Å²) in [5.74, 6) is -0.0938. The second-order valence-electron chi connectivity index (χ2n) is 5.12. The first-order valence-electron chi connectivity index (χ1n) is 7.18. The number of thiophene rings is 1. The van der Waals surface area contributed by atoms with Gasteiger partial charge in [-0.2, -0.15) is 10.1 Å². The van der Waals surface area contributed by atoms with Gasteiger partial charge in [-0.3, -0.25) is 9.79 Å². The van der Waals surface area contributed by atoms with Crippen LogP contribution >= 0.6 is 23.1 Å². The Balaban J connectivity index is 1.56. The molecule has 0 N–H and O–H groups in total. The van der Waals surface area contributed by atoms with E-state index in [1.54, 1.807) is 29.3 Å². The maximum Gasteiger partial charge on any atom is 0.278 e. The number of fused-ring (bicyclic) bond motifs is 1. The summed E-state index contributed by atoms with van der Waals surface area (Å²) in [6.07, 6.45) is 5.22. The van der Waals surface area contributed by atoms with Crippen molar-refractivity contribution in [3.05, 3.63) is 69.9 Å². The summed E-state index contributed by atoms with van der Waals surface area (Å²) in [5, 5.41) is 7.57. The van der Waals surface area contributed by atoms with Crippen molar-refractivity contribution in [3.8, 4) is 0 Å². The molecule has 0 bridgehead atoms. The Labute approximate surface area is 142 Å². The Bertz CT molecular complexity index is 797. The van der Waals surface area contributed by atoms with Crippen LogP contribution in [0.4, 0.5) is 0 Å². The summed E-state index contributed by atoms with van der Waals surface area (Å²) >= 11 is 3.26. The molecule has 2 aliphatic rings. The third kappa shape index (κ3) is 2.87. The number of amides is 1. The van der Waals surface area contributed by atoms with Gasteiger partial charge in [-0.05, 0) is 17.0 Å². The van der Waals surface area contributed by atoms with Crippen molar-refractivity contribution in [1.29, 1.82) is 0 Å². The average Bonchev–Trinajstić information content (AvgIpc) is 3.25. The molecular weight excluding hydrogens is 326 g/mol. The van der Waals surface area contributed by atoms with Crippen molar-refractivity contribution in [2.45, 2.75) is 10.6 Å². The van der Waals surface area contributed by atoms with Gasteiger partial charge in [0.05, 0.1) is 17.0 Å². The molecule has 2 aromatic rings. The molecule has 1 amide bonds. The van der Waals surface area contributed by atoms with E-state index in [4.69, 9.17) is 0 Å². The minimum atomic E-state index is -0.124. The molecule has 0 aliphatic carbocycles. The highest BCUT2D eigenvalue weighted by Crippen LogP contribution is 2.45. The molecule has 0 fully saturated rings. The predicted octanol–water partition coefficient (Wildman–Crippen LogP) is 3.69. The zero-order chi connectivity index (χ0) is 15.6. The molecule has 1 aromatic carbocycles. The molecule has 2 unspecified atom stereocenters. The SMILES string of the molecule is O=C1C2=CC(c3ccccc3)SC2N=CN1/N=C/c1cccs1. The van der Waals surface area contributed by atoms with Crippen molar-refractivity contribution < 1.29 is 4.79 Å². The Hall–Kier alpha value is -2.18. The van der Waals surface area contributed by atoms with Gasteiger partial charge in [-0.15, -0.1) is 23.1 Å². The Morgan fingerprint density at radius 2 is 2.04 bits per heavy atom. The Morgan fingerprint density at radius 3 is 2.83 bits per heavy atom. The summed E-state index contributed by atoms with van der Waals surface area (Å²) in [5.41, 5.74) is 1.91. The van der Waals surface area contributed by atoms with E-state index < -0.39 is 0 Å². The maximum absolute atomic E-state index is 12.6. The summed E-state index contributed by atoms with van der Waals surface area (Å²) in [4.78, 5) is 18.1. The molecule has 2 atom stereocenters. The van der Waals surface area contributed by atoms with Crippen LogP contribution in [0, 0.1) is 0 Å². The van der Waals surface area contributed by atoms with Gasteiger partial charge in [-0.1, -0.05) is 42.5 Å². The van der Waals surface area contributed by atoms with Crippen LogP contribution in [0.1, 0.15) is 15.7 Å². The van der Waals surface area contributed by atoms with Crippen LogP contribution in [0.2, 0.25) is 0 Å². The van der Waals surface area contributed by atoms with Crippen molar-refractivity contribution >= 4 is 41.6 Å². The lowest BCUT2D eigenvalue weighted by Crippen LogP contribution is -2.33. The van der Waals surface area contributed by atoms with E-state index in [9.17, 15) is 4.79 Å². The number of nitrogens with zero attached hydrogens (tertiary/aromatic N) is 3. The van der Waals surface area contributed by atoms with Gasteiger partial charge in [0.1, 0.15) is 11.7 Å². The fourth-order valence-electron chi connectivity index (χ4n) is 2.48. The summed E-state index contributed by atoms with van der Waals surface area (Å²) in [7, 11) is 0. The zero-order valence-corrected chi connectivity index (χ0v) is 13.7. The van der Waals surface area contributed by atoms with E-state index in [1.165, 1.54) is 16.9 Å². The molecule has 0 spiro atoms. The molecule has 0 saturated heterocycles. The number of carbonyl (C=O) groups is 1. The van der Waals surface area contributed by atoms with Crippen LogP contribution in [0.15, 0.2) is 69.6 Å². The number of carbonyl (C=O) groups excluding carboxylic acids is 1. The topological polar surface area (TPSA) is 45.0 Å². The molecule has 6 heteroatoms. The third-order valence-electron chi connectivity index (χ3n) is 3.62. The Morgan fingerprint density at radius 1 is 1.17 bits per heavy atom. The van der Waals surface area contributed by atoms with Crippen LogP contribution < -0.4 is 0 Å². The van der Waals surface area contributed by atoms with Crippen molar-refractivity contribution in [2.75, 3.05) is 0 Å². The second-order valence-corrected chi connectivity index (χ2v) is 7.32. The predicted molar refractivity (Wildman–Crippen MR) is 95.9 cm³/mol. The van der Waals surface area contributed by atoms with Crippen molar-refractivity contribution in [3.63, 3.8) is 0 Å². The van der Waals surface area contributed by atoms with Gasteiger partial charge in [0.2, 0.25) is 0 Å². The molecule has 23 heavy (non-hydrogen) atoms. The Kier molecular flexibility index (Phi) is 3.85. The molecule has 4 nitrogen and oxygen atoms in total. The van der Waals surface area contributed by atoms with E-state index >= 15 is 0 Å². The molecule has 0 radical (unpaired) electrons. The zero-order valence-electron chi connectivity index (χ0n) is 12.1. The highest BCUT2D eigenvalue weighted by atomic mass is 32.2. The van der Waals surface area contributed by atoms with E-state index in [-0.39, 0.29) is 16.5 Å². The second kappa shape index (κ2) is 6.14. The normalized spacial score (nSPS) is 23.4. The first kappa shape index (κ1) is 14.4. The van der Waals surface area contributed by atoms with Crippen LogP contribution in [0.25, 0.3) is 0 Å². The number of benzene rings is 1. The number of hydrogen-bond donors (Lipinski definition) is 0. The molecular formula is C17H13N3OS2. The largest absolute Gasteiger partial charge is 0.278 e. The quantitative estimate of drug-likeness (QED) is 0.801. The highest BCUT2D eigenvalue weighted by molar-refractivity contribution is 8.00. The number of hydrogen-bond acceptors (Lipinski definition) is 5. The van der Waals surface area contributed by atoms with E-state index in [0.717, 1.165) is 10.5 Å². The summed E-state index contributed by atoms with van der Waals surface area (Å²) < 4.78 is 0. The number of aliphatic imine (C=N–C) groups is 1. The molecule has 0 saturated carbocycles. The lowest BCUT2D eigenvalue weighted by molar-refractivity contribution is -0.123. The molecule has 2 aliphatic heterocycles. The van der Waals surface area contributed by atoms with Gasteiger partial charge in [0.15, 0.2) is 0 Å². The smallest absolute Gasteiger partial charge is 0.267 e. The number of thioether (sulfide) groups is 1. The van der Waals surface area contributed by atoms with E-state index in [2.05, 4.69) is 22.2 Å². The standard InChI is InChI=1S/C17H13N3OS2/c21-17-14-9-15(12-5-2-1-3-6-12)23-16(14)18-11-20(17)19-10-13-7-4-8-22-13/h1-11,15-16H/b19-10+. The van der Waals surface area contributed by atoms with Crippen LogP contribution in [0.5, 0.6) is 0 Å². The van der Waals surface area contributed by atoms with Crippen molar-refractivity contribution in [1.82, 2.24) is 5.01 Å². The maximum atomic E-state index is 12.6. The fraction of sp³-hybridized carbons (Fsp3) is 0.118. The first-order valence-corrected chi connectivity index (χ1v) is 9.00. The van der Waals surface area contributed by atoms with Crippen LogP contribution in [-0.4, -0.2) is 28.8 Å². The molecule has 114 valence electrons. The van der Waals surface area contributed by atoms with Crippen molar-refractivity contribution in [2.24, 2.45) is 10.1 Å². The first-order chi connectivity index (χ1) is 11.3. The summed E-state index contributed by atoms with van der Waals surface area (Å²) in [6.45, 7) is 0.